The number of nitriles is 1. The second-order valence-electron chi connectivity index (χ2n) is 9.16. The SMILES string of the molecule is N#CC(Cc1c(Cl)cccc1Cl)(Cc1c(Cl)cccc1Cl)c1nc2ccccc2n1Cc1c(Cl)cccc1Cl. The normalized spacial score (nSPS) is 11.6. The fraction of sp³-hybridized carbons (Fsp3) is 0.133. The maximum absolute atomic E-state index is 11.0. The van der Waals surface area contributed by atoms with E-state index in [1.165, 1.54) is 0 Å². The molecule has 196 valence electrons. The Balaban J connectivity index is 1.80. The Morgan fingerprint density at radius 3 is 1.51 bits per heavy atom. The molecule has 0 aliphatic carbocycles. The number of para-hydroxylation sites is 2. The number of hydrogen-bond donors (Lipinski definition) is 0. The van der Waals surface area contributed by atoms with Gasteiger partial charge in [0.1, 0.15) is 11.2 Å². The first-order valence-corrected chi connectivity index (χ1v) is 14.2. The second-order valence-corrected chi connectivity index (χ2v) is 11.6. The van der Waals surface area contributed by atoms with Gasteiger partial charge in [-0.2, -0.15) is 5.26 Å². The number of imidazole rings is 1. The van der Waals surface area contributed by atoms with Crippen LogP contribution >= 0.6 is 69.6 Å². The highest BCUT2D eigenvalue weighted by atomic mass is 35.5. The summed E-state index contributed by atoms with van der Waals surface area (Å²) < 4.78 is 1.97. The summed E-state index contributed by atoms with van der Waals surface area (Å²) in [6.45, 7) is 0.282. The number of aromatic nitrogens is 2. The first-order chi connectivity index (χ1) is 18.7. The molecule has 39 heavy (non-hydrogen) atoms. The molecule has 0 fully saturated rings. The van der Waals surface area contributed by atoms with Gasteiger partial charge in [-0.1, -0.05) is 99.9 Å². The molecular formula is C30H19Cl6N3. The smallest absolute Gasteiger partial charge is 0.131 e. The lowest BCUT2D eigenvalue weighted by molar-refractivity contribution is 0.485. The Morgan fingerprint density at radius 2 is 1.05 bits per heavy atom. The highest BCUT2D eigenvalue weighted by molar-refractivity contribution is 6.37. The van der Waals surface area contributed by atoms with Crippen molar-refractivity contribution in [2.24, 2.45) is 0 Å². The molecule has 1 heterocycles. The first kappa shape index (κ1) is 28.1. The summed E-state index contributed by atoms with van der Waals surface area (Å²) >= 11 is 39.7. The van der Waals surface area contributed by atoms with Gasteiger partial charge in [-0.05, 0) is 59.7 Å². The van der Waals surface area contributed by atoms with E-state index in [1.807, 2.05) is 28.8 Å². The van der Waals surface area contributed by atoms with E-state index in [0.29, 0.717) is 58.2 Å². The zero-order valence-electron chi connectivity index (χ0n) is 20.2. The van der Waals surface area contributed by atoms with Crippen LogP contribution in [0.25, 0.3) is 11.0 Å². The molecule has 0 saturated heterocycles. The van der Waals surface area contributed by atoms with E-state index in [4.69, 9.17) is 74.6 Å². The van der Waals surface area contributed by atoms with Crippen LogP contribution in [-0.4, -0.2) is 9.55 Å². The molecule has 0 unspecified atom stereocenters. The Hall–Kier alpha value is -2.42. The fourth-order valence-electron chi connectivity index (χ4n) is 4.80. The summed E-state index contributed by atoms with van der Waals surface area (Å²) in [7, 11) is 0. The van der Waals surface area contributed by atoms with Gasteiger partial charge in [-0.3, -0.25) is 0 Å². The summed E-state index contributed by atoms with van der Waals surface area (Å²) in [4.78, 5) is 5.00. The summed E-state index contributed by atoms with van der Waals surface area (Å²) in [6, 6.07) is 26.1. The third-order valence-corrected chi connectivity index (χ3v) is 8.88. The van der Waals surface area contributed by atoms with Crippen molar-refractivity contribution in [2.45, 2.75) is 24.8 Å². The van der Waals surface area contributed by atoms with Gasteiger partial charge in [0.05, 0.1) is 23.6 Å². The third-order valence-electron chi connectivity index (χ3n) is 6.75. The van der Waals surface area contributed by atoms with Crippen molar-refractivity contribution in [1.29, 1.82) is 5.26 Å². The van der Waals surface area contributed by atoms with E-state index in [-0.39, 0.29) is 19.4 Å². The minimum atomic E-state index is -1.28. The van der Waals surface area contributed by atoms with Crippen molar-refractivity contribution in [2.75, 3.05) is 0 Å². The van der Waals surface area contributed by atoms with Crippen molar-refractivity contribution in [3.05, 3.63) is 132 Å². The molecule has 1 aromatic heterocycles. The lowest BCUT2D eigenvalue weighted by Crippen LogP contribution is -2.34. The Morgan fingerprint density at radius 1 is 0.615 bits per heavy atom. The molecule has 0 aliphatic rings. The monoisotopic (exact) mass is 631 g/mol. The van der Waals surface area contributed by atoms with Crippen molar-refractivity contribution in [3.63, 3.8) is 0 Å². The zero-order chi connectivity index (χ0) is 27.7. The number of hydrogen-bond acceptors (Lipinski definition) is 2. The van der Waals surface area contributed by atoms with Crippen LogP contribution < -0.4 is 0 Å². The largest absolute Gasteiger partial charge is 0.322 e. The molecule has 4 aromatic carbocycles. The van der Waals surface area contributed by atoms with E-state index < -0.39 is 5.41 Å². The van der Waals surface area contributed by atoms with Gasteiger partial charge in [-0.25, -0.2) is 4.98 Å². The highest BCUT2D eigenvalue weighted by Gasteiger charge is 2.41. The first-order valence-electron chi connectivity index (χ1n) is 11.9. The number of halogens is 6. The standard InChI is InChI=1S/C30H19Cl6N3/c31-21-6-3-7-22(32)18(21)14-30(17-37,15-19-23(33)8-4-9-24(19)34)29-38-27-12-1-2-13-28(27)39(29)16-20-25(35)10-5-11-26(20)36/h1-13H,14-16H2. The van der Waals surface area contributed by atoms with Gasteiger partial charge in [0.15, 0.2) is 0 Å². The number of nitrogens with zero attached hydrogens (tertiary/aromatic N) is 3. The quantitative estimate of drug-likeness (QED) is 0.179. The molecule has 5 rings (SSSR count). The fourth-order valence-corrected chi connectivity index (χ4v) is 6.38. The van der Waals surface area contributed by atoms with Crippen LogP contribution in [0.1, 0.15) is 22.5 Å². The zero-order valence-corrected chi connectivity index (χ0v) is 24.8. The van der Waals surface area contributed by atoms with Crippen molar-refractivity contribution in [3.8, 4) is 6.07 Å². The molecule has 9 heteroatoms. The van der Waals surface area contributed by atoms with E-state index in [2.05, 4.69) is 6.07 Å². The minimum absolute atomic E-state index is 0.156. The predicted molar refractivity (Wildman–Crippen MR) is 163 cm³/mol. The molecule has 0 bridgehead atoms. The van der Waals surface area contributed by atoms with E-state index >= 15 is 0 Å². The van der Waals surface area contributed by atoms with Crippen LogP contribution in [0.5, 0.6) is 0 Å². The van der Waals surface area contributed by atoms with E-state index in [1.54, 1.807) is 54.6 Å². The second kappa shape index (κ2) is 11.6. The Kier molecular flexibility index (Phi) is 8.36. The van der Waals surface area contributed by atoms with E-state index in [0.717, 1.165) is 5.52 Å². The van der Waals surface area contributed by atoms with Gasteiger partial charge in [-0.15, -0.1) is 0 Å². The van der Waals surface area contributed by atoms with Crippen LogP contribution in [0.2, 0.25) is 30.1 Å². The van der Waals surface area contributed by atoms with Crippen molar-refractivity contribution >= 4 is 80.6 Å². The molecule has 3 nitrogen and oxygen atoms in total. The maximum atomic E-state index is 11.0. The maximum Gasteiger partial charge on any atom is 0.131 e. The topological polar surface area (TPSA) is 41.6 Å². The van der Waals surface area contributed by atoms with Crippen LogP contribution in [0.15, 0.2) is 78.9 Å². The molecule has 0 N–H and O–H groups in total. The molecule has 0 aliphatic heterocycles. The van der Waals surface area contributed by atoms with Crippen LogP contribution in [0.4, 0.5) is 0 Å². The van der Waals surface area contributed by atoms with Gasteiger partial charge in [0.25, 0.3) is 0 Å². The number of fused-ring (bicyclic) bond motifs is 1. The van der Waals surface area contributed by atoms with Gasteiger partial charge in [0.2, 0.25) is 0 Å². The van der Waals surface area contributed by atoms with Gasteiger partial charge < -0.3 is 4.57 Å². The molecule has 0 radical (unpaired) electrons. The van der Waals surface area contributed by atoms with Crippen LogP contribution in [0.3, 0.4) is 0 Å². The average Bonchev–Trinajstić information content (AvgIpc) is 3.28. The van der Waals surface area contributed by atoms with Gasteiger partial charge >= 0.3 is 0 Å². The number of benzene rings is 4. The van der Waals surface area contributed by atoms with E-state index in [9.17, 15) is 5.26 Å². The number of rotatable bonds is 7. The summed E-state index contributed by atoms with van der Waals surface area (Å²) in [6.07, 6.45) is 0.312. The molecule has 0 amide bonds. The molecule has 0 atom stereocenters. The van der Waals surface area contributed by atoms with Crippen LogP contribution in [-0.2, 0) is 24.8 Å². The Labute approximate surface area is 256 Å². The predicted octanol–water partition coefficient (Wildman–Crippen LogP) is 10.3. The molecular weight excluding hydrogens is 615 g/mol. The third kappa shape index (κ3) is 5.48. The van der Waals surface area contributed by atoms with Crippen molar-refractivity contribution in [1.82, 2.24) is 9.55 Å². The summed E-state index contributed by atoms with van der Waals surface area (Å²) in [5.41, 5.74) is 2.21. The average molecular weight is 634 g/mol. The minimum Gasteiger partial charge on any atom is -0.322 e. The molecule has 0 spiro atoms. The summed E-state index contributed by atoms with van der Waals surface area (Å²) in [5, 5.41) is 13.8. The van der Waals surface area contributed by atoms with Crippen molar-refractivity contribution < 1.29 is 0 Å². The molecule has 0 saturated carbocycles. The molecule has 5 aromatic rings. The Bertz CT molecular complexity index is 1620. The van der Waals surface area contributed by atoms with Gasteiger partial charge in [0, 0.05) is 48.5 Å². The lowest BCUT2D eigenvalue weighted by Gasteiger charge is -2.29. The lowest BCUT2D eigenvalue weighted by atomic mass is 9.76. The van der Waals surface area contributed by atoms with Crippen LogP contribution in [0, 0.1) is 11.3 Å². The summed E-state index contributed by atoms with van der Waals surface area (Å²) in [5.74, 6) is 0.495. The highest BCUT2D eigenvalue weighted by Crippen LogP contribution is 2.41.